The normalized spacial score (nSPS) is 12.8. The van der Waals surface area contributed by atoms with Gasteiger partial charge in [0.1, 0.15) is 11.6 Å². The Morgan fingerprint density at radius 3 is 2.10 bits per heavy atom. The molecular weight excluding hydrogens is 385 g/mol. The van der Waals surface area contributed by atoms with Gasteiger partial charge in [0.05, 0.1) is 18.7 Å². The van der Waals surface area contributed by atoms with Gasteiger partial charge >= 0.3 is 5.97 Å². The SMILES string of the molecule is C=C(C(=O)OC)[C@H](Nc1ccc(F)cc1)c1ccc(O[Si](C)(C)C(C)(C)C)cc1. The second-order valence-electron chi connectivity index (χ2n) is 8.53. The van der Waals surface area contributed by atoms with Crippen molar-refractivity contribution in [1.82, 2.24) is 0 Å². The van der Waals surface area contributed by atoms with Crippen LogP contribution in [-0.2, 0) is 9.53 Å². The molecule has 0 amide bonds. The van der Waals surface area contributed by atoms with Crippen LogP contribution >= 0.6 is 0 Å². The summed E-state index contributed by atoms with van der Waals surface area (Å²) < 4.78 is 24.4. The summed E-state index contributed by atoms with van der Waals surface area (Å²) in [4.78, 5) is 12.1. The minimum absolute atomic E-state index is 0.0948. The van der Waals surface area contributed by atoms with Gasteiger partial charge in [-0.25, -0.2) is 9.18 Å². The number of esters is 1. The van der Waals surface area contributed by atoms with Gasteiger partial charge in [-0.2, -0.15) is 0 Å². The minimum atomic E-state index is -1.94. The highest BCUT2D eigenvalue weighted by molar-refractivity contribution is 6.74. The van der Waals surface area contributed by atoms with Crippen molar-refractivity contribution in [1.29, 1.82) is 0 Å². The zero-order valence-electron chi connectivity index (χ0n) is 18.0. The van der Waals surface area contributed by atoms with Gasteiger partial charge < -0.3 is 14.5 Å². The van der Waals surface area contributed by atoms with Crippen LogP contribution in [0.1, 0.15) is 32.4 Å². The number of methoxy groups -OCH3 is 1. The molecule has 0 aliphatic carbocycles. The predicted molar refractivity (Wildman–Crippen MR) is 118 cm³/mol. The first-order chi connectivity index (χ1) is 13.4. The number of hydrogen-bond donors (Lipinski definition) is 1. The van der Waals surface area contributed by atoms with E-state index in [1.807, 2.05) is 24.3 Å². The quantitative estimate of drug-likeness (QED) is 0.338. The first-order valence-corrected chi connectivity index (χ1v) is 12.4. The second-order valence-corrected chi connectivity index (χ2v) is 13.3. The number of halogens is 1. The summed E-state index contributed by atoms with van der Waals surface area (Å²) in [6.45, 7) is 14.9. The topological polar surface area (TPSA) is 47.6 Å². The van der Waals surface area contributed by atoms with Gasteiger partial charge in [0.2, 0.25) is 8.32 Å². The number of ether oxygens (including phenoxy) is 1. The fourth-order valence-electron chi connectivity index (χ4n) is 2.51. The Hall–Kier alpha value is -2.60. The molecule has 2 aromatic rings. The zero-order valence-corrected chi connectivity index (χ0v) is 19.0. The van der Waals surface area contributed by atoms with E-state index in [4.69, 9.17) is 9.16 Å². The molecule has 0 heterocycles. The van der Waals surface area contributed by atoms with E-state index in [2.05, 4.69) is 45.8 Å². The van der Waals surface area contributed by atoms with E-state index in [0.29, 0.717) is 5.69 Å². The third-order valence-electron chi connectivity index (χ3n) is 5.34. The Balaban J connectivity index is 2.29. The van der Waals surface area contributed by atoms with Crippen LogP contribution in [0.3, 0.4) is 0 Å². The number of rotatable bonds is 7. The lowest BCUT2D eigenvalue weighted by Crippen LogP contribution is -2.43. The van der Waals surface area contributed by atoms with Crippen LogP contribution in [0.5, 0.6) is 5.75 Å². The lowest BCUT2D eigenvalue weighted by molar-refractivity contribution is -0.136. The summed E-state index contributed by atoms with van der Waals surface area (Å²) in [6, 6.07) is 13.0. The average molecular weight is 416 g/mol. The van der Waals surface area contributed by atoms with Crippen molar-refractivity contribution in [3.8, 4) is 5.75 Å². The second kappa shape index (κ2) is 8.82. The van der Waals surface area contributed by atoms with Gasteiger partial charge in [-0.15, -0.1) is 0 Å². The zero-order chi connectivity index (χ0) is 21.8. The lowest BCUT2D eigenvalue weighted by Gasteiger charge is -2.36. The summed E-state index contributed by atoms with van der Waals surface area (Å²) in [5, 5.41) is 3.33. The molecule has 29 heavy (non-hydrogen) atoms. The van der Waals surface area contributed by atoms with Gasteiger partial charge in [-0.1, -0.05) is 39.5 Å². The minimum Gasteiger partial charge on any atom is -0.544 e. The standard InChI is InChI=1S/C23H30FNO3Si/c1-16(22(26)27-5)21(25-19-12-10-18(24)11-13-19)17-8-14-20(15-9-17)28-29(6,7)23(2,3)4/h8-15,21,25H,1H2,2-7H3/t21-/m0/s1. The molecule has 0 spiro atoms. The molecule has 0 radical (unpaired) electrons. The summed E-state index contributed by atoms with van der Waals surface area (Å²) >= 11 is 0. The summed E-state index contributed by atoms with van der Waals surface area (Å²) in [7, 11) is -0.627. The molecule has 1 N–H and O–H groups in total. The molecule has 0 aliphatic heterocycles. The van der Waals surface area contributed by atoms with Crippen molar-refractivity contribution < 1.29 is 18.3 Å². The van der Waals surface area contributed by atoms with Crippen molar-refractivity contribution in [2.24, 2.45) is 0 Å². The first kappa shape index (κ1) is 22.7. The number of carbonyl (C=O) groups excluding carboxylic acids is 1. The fraction of sp³-hybridized carbons (Fsp3) is 0.348. The van der Waals surface area contributed by atoms with Crippen molar-refractivity contribution in [2.45, 2.75) is 44.9 Å². The van der Waals surface area contributed by atoms with Crippen LogP contribution in [0.15, 0.2) is 60.7 Å². The van der Waals surface area contributed by atoms with Gasteiger partial charge in [0.15, 0.2) is 0 Å². The van der Waals surface area contributed by atoms with E-state index in [1.165, 1.54) is 19.2 Å². The summed E-state index contributed by atoms with van der Waals surface area (Å²) in [6.07, 6.45) is 0. The third kappa shape index (κ3) is 5.70. The first-order valence-electron chi connectivity index (χ1n) is 9.53. The molecule has 156 valence electrons. The molecule has 0 aromatic heterocycles. The summed E-state index contributed by atoms with van der Waals surface area (Å²) in [5.41, 5.74) is 1.75. The van der Waals surface area contributed by atoms with E-state index in [-0.39, 0.29) is 16.4 Å². The van der Waals surface area contributed by atoms with E-state index >= 15 is 0 Å². The Morgan fingerprint density at radius 1 is 1.07 bits per heavy atom. The molecule has 0 saturated heterocycles. The van der Waals surface area contributed by atoms with Gasteiger partial charge in [-0.3, -0.25) is 0 Å². The van der Waals surface area contributed by atoms with E-state index < -0.39 is 20.3 Å². The predicted octanol–water partition coefficient (Wildman–Crippen LogP) is 6.09. The molecule has 6 heteroatoms. The number of nitrogens with one attached hydrogen (secondary N) is 1. The van der Waals surface area contributed by atoms with Gasteiger partial charge in [0, 0.05) is 5.69 Å². The van der Waals surface area contributed by atoms with Crippen molar-refractivity contribution in [3.05, 3.63) is 72.1 Å². The van der Waals surface area contributed by atoms with E-state index in [1.54, 1.807) is 12.1 Å². The maximum atomic E-state index is 13.2. The van der Waals surface area contributed by atoms with Crippen molar-refractivity contribution >= 4 is 20.0 Å². The number of carbonyl (C=O) groups is 1. The molecule has 0 saturated carbocycles. The Kier molecular flexibility index (Phi) is 6.90. The summed E-state index contributed by atoms with van der Waals surface area (Å²) in [5.74, 6) is -0.0400. The highest BCUT2D eigenvalue weighted by Gasteiger charge is 2.39. The van der Waals surface area contributed by atoms with Crippen molar-refractivity contribution in [3.63, 3.8) is 0 Å². The maximum absolute atomic E-state index is 13.2. The number of benzene rings is 2. The fourth-order valence-corrected chi connectivity index (χ4v) is 3.54. The van der Waals surface area contributed by atoms with Crippen LogP contribution < -0.4 is 9.74 Å². The van der Waals surface area contributed by atoms with Crippen LogP contribution in [0.25, 0.3) is 0 Å². The molecular formula is C23H30FNO3Si. The molecule has 0 fully saturated rings. The Morgan fingerprint density at radius 2 is 1.62 bits per heavy atom. The van der Waals surface area contributed by atoms with Crippen LogP contribution in [0, 0.1) is 5.82 Å². The molecule has 2 rings (SSSR count). The molecule has 2 aromatic carbocycles. The maximum Gasteiger partial charge on any atom is 0.335 e. The van der Waals surface area contributed by atoms with Crippen LogP contribution in [0.4, 0.5) is 10.1 Å². The lowest BCUT2D eigenvalue weighted by atomic mass is 9.99. The average Bonchev–Trinajstić information content (AvgIpc) is 2.66. The van der Waals surface area contributed by atoms with E-state index in [0.717, 1.165) is 11.3 Å². The Labute approximate surface area is 173 Å². The molecule has 0 aliphatic rings. The van der Waals surface area contributed by atoms with E-state index in [9.17, 15) is 9.18 Å². The molecule has 4 nitrogen and oxygen atoms in total. The number of hydrogen-bond acceptors (Lipinski definition) is 4. The Bertz CT molecular complexity index is 855. The molecule has 1 atom stereocenters. The van der Waals surface area contributed by atoms with Gasteiger partial charge in [0.25, 0.3) is 0 Å². The van der Waals surface area contributed by atoms with Gasteiger partial charge in [-0.05, 0) is 60.1 Å². The van der Waals surface area contributed by atoms with Crippen LogP contribution in [0.2, 0.25) is 18.1 Å². The smallest absolute Gasteiger partial charge is 0.335 e. The number of anilines is 1. The van der Waals surface area contributed by atoms with Crippen LogP contribution in [-0.4, -0.2) is 21.4 Å². The monoisotopic (exact) mass is 415 g/mol. The third-order valence-corrected chi connectivity index (χ3v) is 9.70. The molecule has 0 bridgehead atoms. The van der Waals surface area contributed by atoms with Crippen molar-refractivity contribution in [2.75, 3.05) is 12.4 Å². The highest BCUT2D eigenvalue weighted by Crippen LogP contribution is 2.37. The molecule has 0 unspecified atom stereocenters. The largest absolute Gasteiger partial charge is 0.544 e. The highest BCUT2D eigenvalue weighted by atomic mass is 28.4.